The van der Waals surface area contributed by atoms with Crippen LogP contribution in [-0.2, 0) is 4.79 Å². The fourth-order valence-corrected chi connectivity index (χ4v) is 2.69. The number of rotatable bonds is 4. The van der Waals surface area contributed by atoms with Crippen molar-refractivity contribution >= 4 is 34.8 Å². The molecule has 1 aliphatic rings. The van der Waals surface area contributed by atoms with Crippen LogP contribution in [-0.4, -0.2) is 18.5 Å². The first kappa shape index (κ1) is 14.6. The molecule has 19 heavy (non-hydrogen) atoms. The predicted octanol–water partition coefficient (Wildman–Crippen LogP) is 3.85. The Morgan fingerprint density at radius 1 is 1.21 bits per heavy atom. The molecule has 1 aliphatic carbocycles. The van der Waals surface area contributed by atoms with Gasteiger partial charge in [0.15, 0.2) is 0 Å². The second kappa shape index (κ2) is 7.13. The van der Waals surface area contributed by atoms with Crippen LogP contribution in [0.4, 0.5) is 5.69 Å². The van der Waals surface area contributed by atoms with Crippen molar-refractivity contribution in [1.29, 1.82) is 0 Å². The van der Waals surface area contributed by atoms with E-state index in [4.69, 9.17) is 23.2 Å². The highest BCUT2D eigenvalue weighted by atomic mass is 35.5. The molecule has 1 amide bonds. The van der Waals surface area contributed by atoms with Crippen LogP contribution in [0.1, 0.15) is 32.1 Å². The third kappa shape index (κ3) is 4.37. The molecule has 1 aromatic rings. The number of anilines is 1. The summed E-state index contributed by atoms with van der Waals surface area (Å²) in [5, 5.41) is 6.89. The maximum atomic E-state index is 11.8. The molecule has 5 heteroatoms. The number of carbonyl (C=O) groups excluding carboxylic acids is 1. The summed E-state index contributed by atoms with van der Waals surface area (Å²) in [5.41, 5.74) is 0.560. The molecule has 0 spiro atoms. The van der Waals surface area contributed by atoms with Gasteiger partial charge in [0.2, 0.25) is 5.91 Å². The topological polar surface area (TPSA) is 41.1 Å². The normalized spacial score (nSPS) is 16.3. The van der Waals surface area contributed by atoms with Crippen molar-refractivity contribution in [2.45, 2.75) is 38.1 Å². The first-order chi connectivity index (χ1) is 9.16. The third-order valence-electron chi connectivity index (χ3n) is 3.38. The van der Waals surface area contributed by atoms with E-state index in [1.165, 1.54) is 19.3 Å². The summed E-state index contributed by atoms with van der Waals surface area (Å²) in [4.78, 5) is 11.8. The summed E-state index contributed by atoms with van der Waals surface area (Å²) in [7, 11) is 0. The Kier molecular flexibility index (Phi) is 5.49. The Morgan fingerprint density at radius 2 is 1.95 bits per heavy atom. The van der Waals surface area contributed by atoms with Gasteiger partial charge in [0, 0.05) is 6.04 Å². The SMILES string of the molecule is O=C(CNC1CCCCC1)Nc1cccc(Cl)c1Cl. The standard InChI is InChI=1S/C14H18Cl2N2O/c15-11-7-4-8-12(14(11)16)18-13(19)9-17-10-5-2-1-3-6-10/h4,7-8,10,17H,1-3,5-6,9H2,(H,18,19). The number of amides is 1. The summed E-state index contributed by atoms with van der Waals surface area (Å²) in [6.45, 7) is 0.313. The smallest absolute Gasteiger partial charge is 0.238 e. The molecule has 1 aromatic carbocycles. The molecule has 2 N–H and O–H groups in total. The van der Waals surface area contributed by atoms with Gasteiger partial charge in [0.1, 0.15) is 0 Å². The van der Waals surface area contributed by atoms with E-state index in [9.17, 15) is 4.79 Å². The molecular formula is C14H18Cl2N2O. The number of carbonyl (C=O) groups is 1. The summed E-state index contributed by atoms with van der Waals surface area (Å²) in [6, 6.07) is 5.67. The number of benzene rings is 1. The van der Waals surface area contributed by atoms with Gasteiger partial charge in [-0.1, -0.05) is 48.5 Å². The average Bonchev–Trinajstić information content (AvgIpc) is 2.43. The quantitative estimate of drug-likeness (QED) is 0.886. The van der Waals surface area contributed by atoms with E-state index in [1.807, 2.05) is 0 Å². The zero-order valence-electron chi connectivity index (χ0n) is 10.7. The van der Waals surface area contributed by atoms with Crippen molar-refractivity contribution in [1.82, 2.24) is 5.32 Å². The molecule has 0 aromatic heterocycles. The molecule has 0 unspecified atom stereocenters. The molecule has 0 saturated heterocycles. The van der Waals surface area contributed by atoms with Crippen molar-refractivity contribution in [2.75, 3.05) is 11.9 Å². The van der Waals surface area contributed by atoms with Crippen molar-refractivity contribution in [3.8, 4) is 0 Å². The highest BCUT2D eigenvalue weighted by Gasteiger charge is 2.14. The van der Waals surface area contributed by atoms with Gasteiger partial charge < -0.3 is 10.6 Å². The minimum Gasteiger partial charge on any atom is -0.324 e. The van der Waals surface area contributed by atoms with Crippen LogP contribution in [0.3, 0.4) is 0 Å². The van der Waals surface area contributed by atoms with Crippen LogP contribution in [0.2, 0.25) is 10.0 Å². The maximum absolute atomic E-state index is 11.8. The molecular weight excluding hydrogens is 283 g/mol. The second-order valence-corrected chi connectivity index (χ2v) is 5.65. The highest BCUT2D eigenvalue weighted by Crippen LogP contribution is 2.29. The summed E-state index contributed by atoms with van der Waals surface area (Å²) in [6.07, 6.45) is 6.12. The fourth-order valence-electron chi connectivity index (χ4n) is 2.34. The lowest BCUT2D eigenvalue weighted by Gasteiger charge is -2.22. The van der Waals surface area contributed by atoms with E-state index in [0.717, 1.165) is 12.8 Å². The first-order valence-corrected chi connectivity index (χ1v) is 7.39. The predicted molar refractivity (Wildman–Crippen MR) is 80.0 cm³/mol. The fraction of sp³-hybridized carbons (Fsp3) is 0.500. The van der Waals surface area contributed by atoms with Gasteiger partial charge in [-0.15, -0.1) is 0 Å². The molecule has 0 radical (unpaired) electrons. The second-order valence-electron chi connectivity index (χ2n) is 4.87. The molecule has 104 valence electrons. The largest absolute Gasteiger partial charge is 0.324 e. The Morgan fingerprint density at radius 3 is 2.68 bits per heavy atom. The summed E-state index contributed by atoms with van der Waals surface area (Å²) in [5.74, 6) is -0.0882. The lowest BCUT2D eigenvalue weighted by molar-refractivity contribution is -0.115. The molecule has 0 bridgehead atoms. The van der Waals surface area contributed by atoms with Crippen molar-refractivity contribution in [3.05, 3.63) is 28.2 Å². The summed E-state index contributed by atoms with van der Waals surface area (Å²) < 4.78 is 0. The Balaban J connectivity index is 1.82. The molecule has 1 saturated carbocycles. The lowest BCUT2D eigenvalue weighted by Crippen LogP contribution is -2.37. The minimum atomic E-state index is -0.0882. The number of hydrogen-bond acceptors (Lipinski definition) is 2. The zero-order valence-corrected chi connectivity index (χ0v) is 12.2. The van der Waals surface area contributed by atoms with Gasteiger partial charge in [-0.05, 0) is 25.0 Å². The molecule has 1 fully saturated rings. The van der Waals surface area contributed by atoms with Gasteiger partial charge in [-0.3, -0.25) is 4.79 Å². The molecule has 0 heterocycles. The van der Waals surface area contributed by atoms with E-state index in [-0.39, 0.29) is 5.91 Å². The Labute approximate surface area is 123 Å². The van der Waals surface area contributed by atoms with E-state index in [0.29, 0.717) is 28.3 Å². The average molecular weight is 301 g/mol. The van der Waals surface area contributed by atoms with Gasteiger partial charge >= 0.3 is 0 Å². The lowest BCUT2D eigenvalue weighted by atomic mass is 9.95. The van der Waals surface area contributed by atoms with Crippen LogP contribution in [0.5, 0.6) is 0 Å². The van der Waals surface area contributed by atoms with Crippen LogP contribution < -0.4 is 10.6 Å². The first-order valence-electron chi connectivity index (χ1n) is 6.64. The molecule has 3 nitrogen and oxygen atoms in total. The van der Waals surface area contributed by atoms with Gasteiger partial charge in [-0.2, -0.15) is 0 Å². The maximum Gasteiger partial charge on any atom is 0.238 e. The Bertz CT molecular complexity index is 445. The molecule has 2 rings (SSSR count). The zero-order chi connectivity index (χ0) is 13.7. The summed E-state index contributed by atoms with van der Waals surface area (Å²) >= 11 is 11.9. The van der Waals surface area contributed by atoms with Crippen molar-refractivity contribution in [3.63, 3.8) is 0 Å². The third-order valence-corrected chi connectivity index (χ3v) is 4.20. The van der Waals surface area contributed by atoms with Crippen molar-refractivity contribution < 1.29 is 4.79 Å². The molecule has 0 atom stereocenters. The van der Waals surface area contributed by atoms with E-state index >= 15 is 0 Å². The van der Waals surface area contributed by atoms with E-state index in [1.54, 1.807) is 18.2 Å². The van der Waals surface area contributed by atoms with Crippen LogP contribution in [0.25, 0.3) is 0 Å². The molecule has 0 aliphatic heterocycles. The van der Waals surface area contributed by atoms with E-state index < -0.39 is 0 Å². The number of halogens is 2. The van der Waals surface area contributed by atoms with E-state index in [2.05, 4.69) is 10.6 Å². The Hall–Kier alpha value is -0.770. The highest BCUT2D eigenvalue weighted by molar-refractivity contribution is 6.43. The monoisotopic (exact) mass is 300 g/mol. The van der Waals surface area contributed by atoms with Gasteiger partial charge in [0.25, 0.3) is 0 Å². The van der Waals surface area contributed by atoms with Crippen LogP contribution in [0, 0.1) is 0 Å². The van der Waals surface area contributed by atoms with Crippen LogP contribution >= 0.6 is 23.2 Å². The van der Waals surface area contributed by atoms with Gasteiger partial charge in [-0.25, -0.2) is 0 Å². The van der Waals surface area contributed by atoms with Crippen LogP contribution in [0.15, 0.2) is 18.2 Å². The van der Waals surface area contributed by atoms with Gasteiger partial charge in [0.05, 0.1) is 22.3 Å². The number of hydrogen-bond donors (Lipinski definition) is 2. The van der Waals surface area contributed by atoms with Crippen molar-refractivity contribution in [2.24, 2.45) is 0 Å². The number of nitrogens with one attached hydrogen (secondary N) is 2. The minimum absolute atomic E-state index is 0.0882.